The Hall–Kier alpha value is -1.46. The minimum atomic E-state index is -0.167. The highest BCUT2D eigenvalue weighted by Crippen LogP contribution is 2.22. The van der Waals surface area contributed by atoms with Crippen LogP contribution in [0, 0.1) is 0 Å². The highest BCUT2D eigenvalue weighted by Gasteiger charge is 2.05. The van der Waals surface area contributed by atoms with Gasteiger partial charge in [0, 0.05) is 13.0 Å². The van der Waals surface area contributed by atoms with Crippen molar-refractivity contribution in [2.45, 2.75) is 12.8 Å². The van der Waals surface area contributed by atoms with Gasteiger partial charge in [-0.3, -0.25) is 4.79 Å². The van der Waals surface area contributed by atoms with Crippen molar-refractivity contribution in [3.8, 4) is 0 Å². The first-order valence-electron chi connectivity index (χ1n) is 5.20. The molecule has 4 N–H and O–H groups in total. The summed E-state index contributed by atoms with van der Waals surface area (Å²) < 4.78 is 0. The lowest BCUT2D eigenvalue weighted by molar-refractivity contribution is -0.120. The van der Waals surface area contributed by atoms with Crippen LogP contribution in [0.25, 0.3) is 0 Å². The van der Waals surface area contributed by atoms with Gasteiger partial charge in [0.25, 0.3) is 0 Å². The molecule has 0 fully saturated rings. The average Bonchev–Trinajstić information content (AvgIpc) is 2.33. The first-order valence-corrected chi connectivity index (χ1v) is 5.95. The zero-order valence-corrected chi connectivity index (χ0v) is 11.0. The largest absolute Gasteiger partial charge is 0.409 e. The lowest BCUT2D eigenvalue weighted by Gasteiger charge is -2.05. The number of oxime groups is 1. The molecule has 0 heterocycles. The number of hydrogen-bond acceptors (Lipinski definition) is 3. The van der Waals surface area contributed by atoms with Crippen molar-refractivity contribution in [2.75, 3.05) is 6.54 Å². The summed E-state index contributed by atoms with van der Waals surface area (Å²) in [7, 11) is 0. The third-order valence-corrected chi connectivity index (χ3v) is 2.92. The normalized spacial score (nSPS) is 11.3. The lowest BCUT2D eigenvalue weighted by Crippen LogP contribution is -2.29. The molecule has 0 aliphatic heterocycles. The monoisotopic (exact) mass is 289 g/mol. The van der Waals surface area contributed by atoms with E-state index in [2.05, 4.69) is 10.5 Å². The molecule has 18 heavy (non-hydrogen) atoms. The van der Waals surface area contributed by atoms with E-state index < -0.39 is 0 Å². The van der Waals surface area contributed by atoms with Crippen LogP contribution in [0.4, 0.5) is 0 Å². The molecule has 0 aromatic heterocycles. The Bertz CT molecular complexity index is 464. The maximum Gasteiger partial charge on any atom is 0.224 e. The van der Waals surface area contributed by atoms with Gasteiger partial charge in [0.1, 0.15) is 5.84 Å². The molecule has 7 heteroatoms. The van der Waals surface area contributed by atoms with Crippen molar-refractivity contribution >= 4 is 34.9 Å². The Kier molecular flexibility index (Phi) is 5.74. The summed E-state index contributed by atoms with van der Waals surface area (Å²) in [5, 5.41) is 14.6. The molecule has 1 rings (SSSR count). The number of benzene rings is 1. The quantitative estimate of drug-likeness (QED) is 0.334. The number of amidine groups is 1. The number of carbonyl (C=O) groups is 1. The molecule has 0 bridgehead atoms. The number of hydrogen-bond donors (Lipinski definition) is 3. The molecule has 0 radical (unpaired) electrons. The van der Waals surface area contributed by atoms with Crippen LogP contribution >= 0.6 is 23.2 Å². The molecule has 0 saturated heterocycles. The number of carbonyl (C=O) groups excluding carboxylic acids is 1. The maximum atomic E-state index is 11.5. The summed E-state index contributed by atoms with van der Waals surface area (Å²) in [5.41, 5.74) is 6.03. The third kappa shape index (κ3) is 4.81. The number of amides is 1. The smallest absolute Gasteiger partial charge is 0.224 e. The highest BCUT2D eigenvalue weighted by atomic mass is 35.5. The van der Waals surface area contributed by atoms with Crippen molar-refractivity contribution in [2.24, 2.45) is 10.9 Å². The first kappa shape index (κ1) is 14.6. The minimum absolute atomic E-state index is 0.0739. The van der Waals surface area contributed by atoms with Crippen LogP contribution in [0.1, 0.15) is 12.0 Å². The van der Waals surface area contributed by atoms with E-state index in [0.29, 0.717) is 23.0 Å². The molecule has 0 atom stereocenters. The van der Waals surface area contributed by atoms with Gasteiger partial charge in [0.2, 0.25) is 5.91 Å². The van der Waals surface area contributed by atoms with Crippen molar-refractivity contribution < 1.29 is 10.0 Å². The van der Waals surface area contributed by atoms with E-state index in [-0.39, 0.29) is 18.2 Å². The molecule has 0 aliphatic rings. The zero-order valence-electron chi connectivity index (χ0n) is 9.49. The van der Waals surface area contributed by atoms with E-state index in [4.69, 9.17) is 34.1 Å². The molecule has 1 amide bonds. The van der Waals surface area contributed by atoms with Crippen molar-refractivity contribution in [3.05, 3.63) is 33.8 Å². The predicted octanol–water partition coefficient (Wildman–Crippen LogP) is 1.79. The molecule has 0 aliphatic carbocycles. The van der Waals surface area contributed by atoms with E-state index in [1.807, 2.05) is 0 Å². The molecule has 0 saturated carbocycles. The van der Waals surface area contributed by atoms with Gasteiger partial charge in [-0.25, -0.2) is 0 Å². The van der Waals surface area contributed by atoms with Gasteiger partial charge < -0.3 is 16.3 Å². The Morgan fingerprint density at radius 2 is 2.11 bits per heavy atom. The molecule has 98 valence electrons. The number of nitrogens with one attached hydrogen (secondary N) is 1. The molecular formula is C11H13Cl2N3O2. The van der Waals surface area contributed by atoms with E-state index in [1.165, 1.54) is 0 Å². The van der Waals surface area contributed by atoms with Gasteiger partial charge in [-0.2, -0.15) is 0 Å². The molecular weight excluding hydrogens is 277 g/mol. The van der Waals surface area contributed by atoms with Crippen LogP contribution in [0.5, 0.6) is 0 Å². The van der Waals surface area contributed by atoms with Gasteiger partial charge in [-0.1, -0.05) is 34.4 Å². The van der Waals surface area contributed by atoms with Gasteiger partial charge in [-0.15, -0.1) is 0 Å². The van der Waals surface area contributed by atoms with Crippen LogP contribution in [0.3, 0.4) is 0 Å². The topological polar surface area (TPSA) is 87.7 Å². The molecule has 1 aromatic rings. The number of nitrogens with zero attached hydrogens (tertiary/aromatic N) is 1. The van der Waals surface area contributed by atoms with Crippen molar-refractivity contribution in [3.63, 3.8) is 0 Å². The van der Waals surface area contributed by atoms with E-state index in [9.17, 15) is 4.79 Å². The SMILES string of the molecule is NC(CCNC(=O)Cc1ccc(Cl)c(Cl)c1)=NO. The van der Waals surface area contributed by atoms with E-state index >= 15 is 0 Å². The summed E-state index contributed by atoms with van der Waals surface area (Å²) in [6, 6.07) is 5.02. The summed E-state index contributed by atoms with van der Waals surface area (Å²) in [5.74, 6) is -0.0935. The molecule has 0 unspecified atom stereocenters. The maximum absolute atomic E-state index is 11.5. The fourth-order valence-electron chi connectivity index (χ4n) is 1.28. The van der Waals surface area contributed by atoms with Crippen LogP contribution in [0.15, 0.2) is 23.4 Å². The Balaban J connectivity index is 2.42. The summed E-state index contributed by atoms with van der Waals surface area (Å²) in [4.78, 5) is 11.5. The second-order valence-electron chi connectivity index (χ2n) is 3.62. The van der Waals surface area contributed by atoms with Crippen molar-refractivity contribution in [1.82, 2.24) is 5.32 Å². The number of halogens is 2. The number of nitrogens with two attached hydrogens (primary N) is 1. The molecule has 1 aromatic carbocycles. The second kappa shape index (κ2) is 7.08. The Morgan fingerprint density at radius 1 is 1.39 bits per heavy atom. The standard InChI is InChI=1S/C11H13Cl2N3O2/c12-8-2-1-7(5-9(8)13)6-11(17)15-4-3-10(14)16-18/h1-2,5,18H,3-4,6H2,(H2,14,16)(H,15,17). The van der Waals surface area contributed by atoms with Gasteiger partial charge in [0.05, 0.1) is 16.5 Å². The average molecular weight is 290 g/mol. The third-order valence-electron chi connectivity index (χ3n) is 2.18. The predicted molar refractivity (Wildman–Crippen MR) is 71.2 cm³/mol. The van der Waals surface area contributed by atoms with Crippen LogP contribution < -0.4 is 11.1 Å². The summed E-state index contributed by atoms with van der Waals surface area (Å²) in [6.45, 7) is 0.316. The number of rotatable bonds is 5. The van der Waals surface area contributed by atoms with E-state index in [0.717, 1.165) is 5.56 Å². The van der Waals surface area contributed by atoms with Gasteiger partial charge >= 0.3 is 0 Å². The Labute approximate surface area is 115 Å². The fraction of sp³-hybridized carbons (Fsp3) is 0.273. The second-order valence-corrected chi connectivity index (χ2v) is 4.43. The Morgan fingerprint density at radius 3 is 2.72 bits per heavy atom. The summed E-state index contributed by atoms with van der Waals surface area (Å²) >= 11 is 11.6. The summed E-state index contributed by atoms with van der Waals surface area (Å²) in [6.07, 6.45) is 0.497. The first-order chi connectivity index (χ1) is 8.52. The van der Waals surface area contributed by atoms with Crippen LogP contribution in [-0.4, -0.2) is 23.5 Å². The minimum Gasteiger partial charge on any atom is -0.409 e. The van der Waals surface area contributed by atoms with Crippen molar-refractivity contribution in [1.29, 1.82) is 0 Å². The van der Waals surface area contributed by atoms with Crippen LogP contribution in [0.2, 0.25) is 10.0 Å². The molecule has 5 nitrogen and oxygen atoms in total. The molecule has 0 spiro atoms. The van der Waals surface area contributed by atoms with Gasteiger partial charge in [-0.05, 0) is 17.7 Å². The lowest BCUT2D eigenvalue weighted by atomic mass is 10.1. The zero-order chi connectivity index (χ0) is 13.5. The fourth-order valence-corrected chi connectivity index (χ4v) is 1.60. The highest BCUT2D eigenvalue weighted by molar-refractivity contribution is 6.42. The van der Waals surface area contributed by atoms with Gasteiger partial charge in [0.15, 0.2) is 0 Å². The van der Waals surface area contributed by atoms with E-state index in [1.54, 1.807) is 18.2 Å². The van der Waals surface area contributed by atoms with Crippen LogP contribution in [-0.2, 0) is 11.2 Å².